The van der Waals surface area contributed by atoms with Gasteiger partial charge in [-0.15, -0.1) is 0 Å². The van der Waals surface area contributed by atoms with Crippen molar-refractivity contribution in [2.24, 2.45) is 0 Å². The quantitative estimate of drug-likeness (QED) is 0.258. The van der Waals surface area contributed by atoms with Crippen LogP contribution in [-0.4, -0.2) is 81.8 Å². The van der Waals surface area contributed by atoms with Gasteiger partial charge in [0.05, 0.1) is 0 Å². The molecule has 0 aliphatic rings. The molecule has 0 atom stereocenters. The number of benzene rings is 1. The van der Waals surface area contributed by atoms with Gasteiger partial charge in [0.2, 0.25) is 0 Å². The summed E-state index contributed by atoms with van der Waals surface area (Å²) in [6, 6.07) is 6.63. The normalized spacial score (nSPS) is 11.2. The number of ether oxygens (including phenoxy) is 1. The molecule has 0 aliphatic heterocycles. The zero-order valence-corrected chi connectivity index (χ0v) is 24.1. The minimum Gasteiger partial charge on any atom is -0.424 e. The number of fused-ring (bicyclic) bond motifs is 1. The molecule has 3 heterocycles. The zero-order chi connectivity index (χ0) is 25.2. The van der Waals surface area contributed by atoms with E-state index in [-0.39, 0.29) is 74.9 Å². The van der Waals surface area contributed by atoms with E-state index < -0.39 is 27.5 Å². The molecule has 1 aromatic carbocycles. The summed E-state index contributed by atoms with van der Waals surface area (Å²) in [4.78, 5) is 24.8. The largest absolute Gasteiger partial charge is 0.424 e. The Morgan fingerprint density at radius 2 is 1.83 bits per heavy atom. The van der Waals surface area contributed by atoms with Crippen LogP contribution in [0.4, 0.5) is 10.2 Å². The smallest absolute Gasteiger partial charge is 0.340 e. The van der Waals surface area contributed by atoms with Crippen LogP contribution in [0.2, 0.25) is 0 Å². The summed E-state index contributed by atoms with van der Waals surface area (Å²) < 4.78 is 53.9. The SMILES string of the molecule is CCc1c(Cc2ccnc(NS(=O)(=O)NC)c2F)c(=O)oc2cc(Oc3ncccn3)c(C)cc12.[K]. The summed E-state index contributed by atoms with van der Waals surface area (Å²) in [7, 11) is -2.79. The van der Waals surface area contributed by atoms with Crippen LogP contribution in [0.25, 0.3) is 11.0 Å². The summed E-state index contributed by atoms with van der Waals surface area (Å²) in [6.07, 6.45) is 4.73. The van der Waals surface area contributed by atoms with Gasteiger partial charge in [0.15, 0.2) is 11.6 Å². The number of anilines is 1. The molecular weight excluding hydrogens is 516 g/mol. The van der Waals surface area contributed by atoms with E-state index in [9.17, 15) is 13.2 Å². The molecule has 0 spiro atoms. The molecule has 183 valence electrons. The molecule has 10 nitrogen and oxygen atoms in total. The summed E-state index contributed by atoms with van der Waals surface area (Å²) in [5.41, 5.74) is 1.49. The number of hydrogen-bond donors (Lipinski definition) is 2. The van der Waals surface area contributed by atoms with E-state index in [1.807, 2.05) is 29.4 Å². The van der Waals surface area contributed by atoms with Gasteiger partial charge in [0.1, 0.15) is 11.3 Å². The monoisotopic (exact) mass is 538 g/mol. The molecule has 1 radical (unpaired) electrons. The second kappa shape index (κ2) is 11.9. The molecular formula is C23H22FKN5O5S. The van der Waals surface area contributed by atoms with E-state index in [1.165, 1.54) is 19.3 Å². The van der Waals surface area contributed by atoms with Crippen LogP contribution in [0, 0.1) is 12.7 Å². The van der Waals surface area contributed by atoms with Crippen molar-refractivity contribution < 1.29 is 22.0 Å². The van der Waals surface area contributed by atoms with Crippen LogP contribution in [0.3, 0.4) is 0 Å². The van der Waals surface area contributed by atoms with Crippen molar-refractivity contribution in [2.75, 3.05) is 11.8 Å². The fourth-order valence-electron chi connectivity index (χ4n) is 3.63. The first kappa shape index (κ1) is 28.3. The first-order chi connectivity index (χ1) is 16.7. The topological polar surface area (TPSA) is 136 Å². The zero-order valence-electron chi connectivity index (χ0n) is 20.1. The maximum absolute atomic E-state index is 15.1. The van der Waals surface area contributed by atoms with Gasteiger partial charge in [-0.1, -0.05) is 6.92 Å². The van der Waals surface area contributed by atoms with Crippen molar-refractivity contribution in [3.63, 3.8) is 0 Å². The molecule has 13 heteroatoms. The van der Waals surface area contributed by atoms with Crippen molar-refractivity contribution in [1.29, 1.82) is 0 Å². The summed E-state index contributed by atoms with van der Waals surface area (Å²) in [5, 5.41) is 0.687. The van der Waals surface area contributed by atoms with Crippen LogP contribution < -0.4 is 19.8 Å². The Hall–Kier alpha value is -2.26. The molecule has 0 amide bonds. The molecule has 36 heavy (non-hydrogen) atoms. The molecule has 3 aromatic heterocycles. The van der Waals surface area contributed by atoms with Crippen molar-refractivity contribution in [3.05, 3.63) is 81.3 Å². The number of halogens is 1. The maximum Gasteiger partial charge on any atom is 0.340 e. The van der Waals surface area contributed by atoms with Crippen LogP contribution in [0.5, 0.6) is 11.8 Å². The Bertz CT molecular complexity index is 1570. The van der Waals surface area contributed by atoms with Crippen molar-refractivity contribution >= 4 is 78.4 Å². The van der Waals surface area contributed by atoms with E-state index in [0.717, 1.165) is 5.56 Å². The molecule has 4 aromatic rings. The number of aromatic nitrogens is 3. The van der Waals surface area contributed by atoms with Gasteiger partial charge >= 0.3 is 11.6 Å². The summed E-state index contributed by atoms with van der Waals surface area (Å²) in [5.74, 6) is -0.917. The van der Waals surface area contributed by atoms with Crippen LogP contribution >= 0.6 is 0 Å². The van der Waals surface area contributed by atoms with Gasteiger partial charge in [-0.05, 0) is 48.2 Å². The molecule has 2 N–H and O–H groups in total. The van der Waals surface area contributed by atoms with Gasteiger partial charge in [-0.2, -0.15) is 8.42 Å². The van der Waals surface area contributed by atoms with E-state index in [1.54, 1.807) is 24.5 Å². The average Bonchev–Trinajstić information content (AvgIpc) is 2.83. The molecule has 0 saturated carbocycles. The Labute approximate surface area is 249 Å². The second-order valence-electron chi connectivity index (χ2n) is 7.57. The van der Waals surface area contributed by atoms with E-state index in [0.29, 0.717) is 28.7 Å². The third-order valence-electron chi connectivity index (χ3n) is 5.35. The van der Waals surface area contributed by atoms with Gasteiger partial charge in [0.25, 0.3) is 10.2 Å². The Morgan fingerprint density at radius 1 is 1.11 bits per heavy atom. The van der Waals surface area contributed by atoms with E-state index >= 15 is 4.39 Å². The molecule has 0 unspecified atom stereocenters. The molecule has 0 bridgehead atoms. The predicted molar refractivity (Wildman–Crippen MR) is 133 cm³/mol. The fraction of sp³-hybridized carbons (Fsp3) is 0.217. The first-order valence-corrected chi connectivity index (χ1v) is 12.1. The molecule has 4 rings (SSSR count). The minimum atomic E-state index is -3.97. The molecule has 0 saturated heterocycles. The third-order valence-corrected chi connectivity index (χ3v) is 6.35. The average molecular weight is 539 g/mol. The Kier molecular flexibility index (Phi) is 9.32. The van der Waals surface area contributed by atoms with Crippen molar-refractivity contribution in [2.45, 2.75) is 26.7 Å². The van der Waals surface area contributed by atoms with Crippen molar-refractivity contribution in [3.8, 4) is 11.8 Å². The Morgan fingerprint density at radius 3 is 2.50 bits per heavy atom. The van der Waals surface area contributed by atoms with Gasteiger partial charge < -0.3 is 9.15 Å². The number of rotatable bonds is 8. The van der Waals surface area contributed by atoms with E-state index in [2.05, 4.69) is 15.0 Å². The number of nitrogens with zero attached hydrogens (tertiary/aromatic N) is 3. The number of pyridine rings is 1. The summed E-state index contributed by atoms with van der Waals surface area (Å²) >= 11 is 0. The number of hydrogen-bond acceptors (Lipinski definition) is 8. The Balaban J connectivity index is 0.00000361. The fourth-order valence-corrected chi connectivity index (χ4v) is 4.13. The van der Waals surface area contributed by atoms with E-state index in [4.69, 9.17) is 9.15 Å². The van der Waals surface area contributed by atoms with Crippen LogP contribution in [0.1, 0.15) is 29.2 Å². The predicted octanol–water partition coefficient (Wildman–Crippen LogP) is 2.87. The third kappa shape index (κ3) is 6.17. The maximum atomic E-state index is 15.1. The first-order valence-electron chi connectivity index (χ1n) is 10.6. The number of nitrogens with one attached hydrogen (secondary N) is 2. The van der Waals surface area contributed by atoms with Crippen LogP contribution in [0.15, 0.2) is 52.1 Å². The molecule has 0 fully saturated rings. The van der Waals surface area contributed by atoms with Gasteiger partial charge in [-0.25, -0.2) is 28.9 Å². The molecule has 0 aliphatic carbocycles. The van der Waals surface area contributed by atoms with Gasteiger partial charge in [-0.3, -0.25) is 4.72 Å². The van der Waals surface area contributed by atoms with Gasteiger partial charge in [0, 0.05) is 100 Å². The second-order valence-corrected chi connectivity index (χ2v) is 9.19. The summed E-state index contributed by atoms with van der Waals surface area (Å²) in [6.45, 7) is 3.72. The number of aryl methyl sites for hydroxylation is 2. The van der Waals surface area contributed by atoms with Crippen LogP contribution in [-0.2, 0) is 23.1 Å². The van der Waals surface area contributed by atoms with Crippen molar-refractivity contribution in [1.82, 2.24) is 19.7 Å². The standard InChI is InChI=1S/C23H22FN5O5S.K/c1-4-15-16-10-13(2)18(34-23-27-7-5-8-28-23)12-19(16)33-22(30)17(15)11-14-6-9-26-21(20(14)24)29-35(31,32)25-3;/h5-10,12,25H,4,11H2,1-3H3,(H,26,29);. The minimum absolute atomic E-state index is 0.